The monoisotopic (exact) mass is 256 g/mol. The summed E-state index contributed by atoms with van der Waals surface area (Å²) >= 11 is 0. The van der Waals surface area contributed by atoms with Crippen molar-refractivity contribution >= 4 is 6.29 Å². The van der Waals surface area contributed by atoms with Gasteiger partial charge in [-0.25, -0.2) is 4.68 Å². The Morgan fingerprint density at radius 1 is 1.11 bits per heavy atom. The van der Waals surface area contributed by atoms with Gasteiger partial charge in [-0.2, -0.15) is 5.10 Å². The molecular formula is C16H20N2O. The number of benzene rings is 1. The molecule has 3 heteroatoms. The lowest BCUT2D eigenvalue weighted by Gasteiger charge is -2.08. The van der Waals surface area contributed by atoms with Crippen molar-refractivity contribution in [2.75, 3.05) is 0 Å². The summed E-state index contributed by atoms with van der Waals surface area (Å²) < 4.78 is 1.92. The van der Waals surface area contributed by atoms with Crippen LogP contribution in [0.1, 0.15) is 46.7 Å². The van der Waals surface area contributed by atoms with E-state index in [1.807, 2.05) is 11.6 Å². The zero-order valence-corrected chi connectivity index (χ0v) is 12.0. The van der Waals surface area contributed by atoms with Crippen LogP contribution in [0.3, 0.4) is 0 Å². The van der Waals surface area contributed by atoms with Gasteiger partial charge in [0.15, 0.2) is 6.29 Å². The number of aldehydes is 1. The maximum absolute atomic E-state index is 11.3. The van der Waals surface area contributed by atoms with E-state index in [1.165, 1.54) is 11.1 Å². The molecule has 1 heterocycles. The highest BCUT2D eigenvalue weighted by Crippen LogP contribution is 2.20. The first-order chi connectivity index (χ1) is 9.10. The fourth-order valence-electron chi connectivity index (χ4n) is 2.54. The molecule has 0 fully saturated rings. The highest BCUT2D eigenvalue weighted by Gasteiger charge is 2.16. The Labute approximate surface area is 114 Å². The molecule has 0 amide bonds. The summed E-state index contributed by atoms with van der Waals surface area (Å²) in [6, 6.07) is 6.35. The summed E-state index contributed by atoms with van der Waals surface area (Å²) in [4.78, 5) is 11.3. The summed E-state index contributed by atoms with van der Waals surface area (Å²) in [5, 5.41) is 4.61. The number of rotatable bonds is 4. The van der Waals surface area contributed by atoms with Crippen molar-refractivity contribution in [1.82, 2.24) is 9.78 Å². The second-order valence-electron chi connectivity index (χ2n) is 4.89. The van der Waals surface area contributed by atoms with Gasteiger partial charge in [0, 0.05) is 0 Å². The molecular weight excluding hydrogens is 236 g/mol. The number of aryl methyl sites for hydroxylation is 3. The average molecular weight is 256 g/mol. The van der Waals surface area contributed by atoms with Crippen LogP contribution in [-0.2, 0) is 12.8 Å². The maximum Gasteiger partial charge on any atom is 0.153 e. The van der Waals surface area contributed by atoms with Gasteiger partial charge in [-0.15, -0.1) is 0 Å². The van der Waals surface area contributed by atoms with E-state index in [2.05, 4.69) is 44.1 Å². The zero-order chi connectivity index (χ0) is 14.0. The lowest BCUT2D eigenvalue weighted by molar-refractivity contribution is 0.112. The van der Waals surface area contributed by atoms with E-state index in [-0.39, 0.29) is 0 Å². The summed E-state index contributed by atoms with van der Waals surface area (Å²) in [5.74, 6) is 0. The van der Waals surface area contributed by atoms with Crippen molar-refractivity contribution < 1.29 is 4.79 Å². The molecule has 3 nitrogen and oxygen atoms in total. The molecule has 1 aromatic carbocycles. The Morgan fingerprint density at radius 3 is 2.21 bits per heavy atom. The second-order valence-corrected chi connectivity index (χ2v) is 4.89. The van der Waals surface area contributed by atoms with Gasteiger partial charge in [-0.05, 0) is 49.9 Å². The van der Waals surface area contributed by atoms with Gasteiger partial charge in [-0.3, -0.25) is 4.79 Å². The van der Waals surface area contributed by atoms with Gasteiger partial charge in [0.1, 0.15) is 0 Å². The molecule has 0 bridgehead atoms. The Bertz CT molecular complexity index is 591. The predicted molar refractivity (Wildman–Crippen MR) is 77.2 cm³/mol. The third-order valence-corrected chi connectivity index (χ3v) is 3.34. The topological polar surface area (TPSA) is 34.9 Å². The number of carbonyl (C=O) groups excluding carboxylic acids is 1. The van der Waals surface area contributed by atoms with E-state index in [0.717, 1.165) is 41.8 Å². The van der Waals surface area contributed by atoms with Crippen molar-refractivity contribution in [3.8, 4) is 5.69 Å². The highest BCUT2D eigenvalue weighted by molar-refractivity contribution is 5.78. The van der Waals surface area contributed by atoms with Crippen LogP contribution in [0.15, 0.2) is 18.2 Å². The van der Waals surface area contributed by atoms with E-state index in [1.54, 1.807) is 0 Å². The summed E-state index contributed by atoms with van der Waals surface area (Å²) in [5.41, 5.74) is 6.08. The van der Waals surface area contributed by atoms with Crippen LogP contribution in [0.5, 0.6) is 0 Å². The highest BCUT2D eigenvalue weighted by atomic mass is 16.1. The van der Waals surface area contributed by atoms with E-state index >= 15 is 0 Å². The molecule has 0 radical (unpaired) electrons. The first kappa shape index (κ1) is 13.5. The lowest BCUT2D eigenvalue weighted by Crippen LogP contribution is -2.03. The van der Waals surface area contributed by atoms with E-state index in [4.69, 9.17) is 0 Å². The Morgan fingerprint density at radius 2 is 1.74 bits per heavy atom. The van der Waals surface area contributed by atoms with Gasteiger partial charge in [0.05, 0.1) is 22.6 Å². The SMILES string of the molecule is CCc1nn(-c2cc(C)cc(C)c2)c(CC)c1C=O. The van der Waals surface area contributed by atoms with Gasteiger partial charge >= 0.3 is 0 Å². The molecule has 0 saturated heterocycles. The Kier molecular flexibility index (Phi) is 3.84. The molecule has 2 rings (SSSR count). The average Bonchev–Trinajstić information content (AvgIpc) is 2.74. The molecule has 19 heavy (non-hydrogen) atoms. The largest absolute Gasteiger partial charge is 0.298 e. The number of hydrogen-bond acceptors (Lipinski definition) is 2. The minimum absolute atomic E-state index is 0.754. The van der Waals surface area contributed by atoms with Crippen LogP contribution in [0.2, 0.25) is 0 Å². The molecule has 0 unspecified atom stereocenters. The molecule has 0 spiro atoms. The molecule has 0 N–H and O–H groups in total. The molecule has 100 valence electrons. The first-order valence-electron chi connectivity index (χ1n) is 6.75. The number of nitrogens with zero attached hydrogens (tertiary/aromatic N) is 2. The van der Waals surface area contributed by atoms with Gasteiger partial charge in [0.2, 0.25) is 0 Å². The normalized spacial score (nSPS) is 10.7. The number of carbonyl (C=O) groups is 1. The second kappa shape index (κ2) is 5.39. The van der Waals surface area contributed by atoms with Crippen LogP contribution in [-0.4, -0.2) is 16.1 Å². The van der Waals surface area contributed by atoms with Crippen molar-refractivity contribution in [2.24, 2.45) is 0 Å². The number of hydrogen-bond donors (Lipinski definition) is 0. The molecule has 1 aromatic heterocycles. The molecule has 2 aromatic rings. The predicted octanol–water partition coefficient (Wildman–Crippen LogP) is 3.43. The lowest BCUT2D eigenvalue weighted by atomic mass is 10.1. The van der Waals surface area contributed by atoms with Crippen molar-refractivity contribution in [3.05, 3.63) is 46.3 Å². The summed E-state index contributed by atoms with van der Waals surface area (Å²) in [6.45, 7) is 8.24. The minimum atomic E-state index is 0.754. The van der Waals surface area contributed by atoms with Crippen molar-refractivity contribution in [2.45, 2.75) is 40.5 Å². The Balaban J connectivity index is 2.67. The van der Waals surface area contributed by atoms with Crippen LogP contribution in [0.25, 0.3) is 5.69 Å². The fraction of sp³-hybridized carbons (Fsp3) is 0.375. The van der Waals surface area contributed by atoms with Crippen molar-refractivity contribution in [3.63, 3.8) is 0 Å². The number of aromatic nitrogens is 2. The zero-order valence-electron chi connectivity index (χ0n) is 12.0. The Hall–Kier alpha value is -1.90. The van der Waals surface area contributed by atoms with E-state index in [9.17, 15) is 4.79 Å². The van der Waals surface area contributed by atoms with Crippen LogP contribution < -0.4 is 0 Å². The van der Waals surface area contributed by atoms with Crippen LogP contribution in [0, 0.1) is 13.8 Å². The smallest absolute Gasteiger partial charge is 0.153 e. The van der Waals surface area contributed by atoms with Crippen LogP contribution >= 0.6 is 0 Å². The van der Waals surface area contributed by atoms with Gasteiger partial charge in [0.25, 0.3) is 0 Å². The molecule has 0 aliphatic carbocycles. The molecule has 0 aliphatic rings. The van der Waals surface area contributed by atoms with Crippen molar-refractivity contribution in [1.29, 1.82) is 0 Å². The maximum atomic E-state index is 11.3. The summed E-state index contributed by atoms with van der Waals surface area (Å²) in [7, 11) is 0. The quantitative estimate of drug-likeness (QED) is 0.785. The molecule has 0 saturated carbocycles. The van der Waals surface area contributed by atoms with E-state index < -0.39 is 0 Å². The van der Waals surface area contributed by atoms with Crippen LogP contribution in [0.4, 0.5) is 0 Å². The van der Waals surface area contributed by atoms with E-state index in [0.29, 0.717) is 0 Å². The van der Waals surface area contributed by atoms with Gasteiger partial charge < -0.3 is 0 Å². The summed E-state index contributed by atoms with van der Waals surface area (Å²) in [6.07, 6.45) is 2.51. The standard InChI is InChI=1S/C16H20N2O/c1-5-15-14(10-19)16(6-2)18(17-15)13-8-11(3)7-12(4)9-13/h7-10H,5-6H2,1-4H3. The fourth-order valence-corrected chi connectivity index (χ4v) is 2.54. The minimum Gasteiger partial charge on any atom is -0.298 e. The molecule has 0 aliphatic heterocycles. The third kappa shape index (κ3) is 2.46. The third-order valence-electron chi connectivity index (χ3n) is 3.34. The van der Waals surface area contributed by atoms with Gasteiger partial charge in [-0.1, -0.05) is 19.9 Å². The molecule has 0 atom stereocenters. The first-order valence-corrected chi connectivity index (χ1v) is 6.75.